The highest BCUT2D eigenvalue weighted by atomic mass is 16.6. The molecule has 0 radical (unpaired) electrons. The Kier molecular flexibility index (Phi) is 5.24. The van der Waals surface area contributed by atoms with Gasteiger partial charge < -0.3 is 10.6 Å². The number of nitro benzene ring substituents is 1. The number of nitro groups is 1. The van der Waals surface area contributed by atoms with Crippen LogP contribution in [0.2, 0.25) is 0 Å². The zero-order valence-corrected chi connectivity index (χ0v) is 13.1. The molecule has 120 valence electrons. The number of non-ortho nitro benzene ring substituents is 1. The molecule has 0 saturated heterocycles. The van der Waals surface area contributed by atoms with Crippen LogP contribution in [0, 0.1) is 10.1 Å². The molecule has 2 aromatic carbocycles. The molecule has 0 saturated carbocycles. The van der Waals surface area contributed by atoms with Crippen molar-refractivity contribution in [2.45, 2.75) is 13.8 Å². The second kappa shape index (κ2) is 7.35. The van der Waals surface area contributed by atoms with Crippen LogP contribution in [0.1, 0.15) is 13.8 Å². The molecule has 0 bridgehead atoms. The van der Waals surface area contributed by atoms with Crippen molar-refractivity contribution in [1.82, 2.24) is 0 Å². The van der Waals surface area contributed by atoms with Gasteiger partial charge in [-0.15, -0.1) is 5.11 Å². The van der Waals surface area contributed by atoms with Crippen molar-refractivity contribution in [3.63, 3.8) is 0 Å². The van der Waals surface area contributed by atoms with Crippen LogP contribution in [0.25, 0.3) is 0 Å². The van der Waals surface area contributed by atoms with Gasteiger partial charge >= 0.3 is 0 Å². The predicted octanol–water partition coefficient (Wildman–Crippen LogP) is 4.44. The van der Waals surface area contributed by atoms with E-state index in [0.29, 0.717) is 17.1 Å². The van der Waals surface area contributed by atoms with Crippen molar-refractivity contribution >= 4 is 28.4 Å². The highest BCUT2D eigenvalue weighted by Gasteiger charge is 2.06. The van der Waals surface area contributed by atoms with Crippen molar-refractivity contribution in [3.05, 3.63) is 52.6 Å². The van der Waals surface area contributed by atoms with E-state index in [1.165, 1.54) is 12.1 Å². The molecule has 0 aliphatic carbocycles. The van der Waals surface area contributed by atoms with Crippen LogP contribution < -0.4 is 10.6 Å². The summed E-state index contributed by atoms with van der Waals surface area (Å²) in [5.41, 5.74) is 8.73. The van der Waals surface area contributed by atoms with Crippen molar-refractivity contribution in [3.8, 4) is 0 Å². The third-order valence-electron chi connectivity index (χ3n) is 3.47. The Morgan fingerprint density at radius 1 is 1.09 bits per heavy atom. The Balaban J connectivity index is 2.17. The lowest BCUT2D eigenvalue weighted by Gasteiger charge is -2.21. The minimum atomic E-state index is -0.454. The molecule has 7 heteroatoms. The molecular formula is C16H19N5O2. The van der Waals surface area contributed by atoms with E-state index in [4.69, 9.17) is 5.73 Å². The summed E-state index contributed by atoms with van der Waals surface area (Å²) >= 11 is 0. The van der Waals surface area contributed by atoms with Crippen LogP contribution in [-0.2, 0) is 0 Å². The van der Waals surface area contributed by atoms with Gasteiger partial charge in [-0.1, -0.05) is 0 Å². The summed E-state index contributed by atoms with van der Waals surface area (Å²) in [5, 5.41) is 18.8. The average molecular weight is 313 g/mol. The Morgan fingerprint density at radius 3 is 2.26 bits per heavy atom. The van der Waals surface area contributed by atoms with Crippen LogP contribution in [0.15, 0.2) is 52.7 Å². The summed E-state index contributed by atoms with van der Waals surface area (Å²) in [7, 11) is 0. The standard InChI is InChI=1S/C16H19N5O2/c1-3-20(4-2)14-9-10-16(15(17)11-14)19-18-12-5-7-13(8-6-12)21(22)23/h5-11H,3-4,17H2,1-2H3. The molecule has 0 aromatic heterocycles. The molecule has 2 N–H and O–H groups in total. The lowest BCUT2D eigenvalue weighted by atomic mass is 10.2. The first kappa shape index (κ1) is 16.4. The van der Waals surface area contributed by atoms with E-state index in [9.17, 15) is 10.1 Å². The average Bonchev–Trinajstić information content (AvgIpc) is 2.55. The van der Waals surface area contributed by atoms with E-state index in [-0.39, 0.29) is 5.69 Å². The minimum absolute atomic E-state index is 0.0204. The number of hydrogen-bond acceptors (Lipinski definition) is 6. The minimum Gasteiger partial charge on any atom is -0.397 e. The molecule has 7 nitrogen and oxygen atoms in total. The topological polar surface area (TPSA) is 97.1 Å². The molecule has 0 heterocycles. The molecule has 0 spiro atoms. The summed E-state index contributed by atoms with van der Waals surface area (Å²) < 4.78 is 0. The maximum Gasteiger partial charge on any atom is 0.269 e. The number of hydrogen-bond donors (Lipinski definition) is 1. The predicted molar refractivity (Wildman–Crippen MR) is 91.7 cm³/mol. The van der Waals surface area contributed by atoms with Crippen molar-refractivity contribution in [2.75, 3.05) is 23.7 Å². The van der Waals surface area contributed by atoms with Crippen LogP contribution >= 0.6 is 0 Å². The van der Waals surface area contributed by atoms with Gasteiger partial charge in [-0.05, 0) is 44.2 Å². The lowest BCUT2D eigenvalue weighted by molar-refractivity contribution is -0.384. The second-order valence-electron chi connectivity index (χ2n) is 4.89. The molecule has 0 fully saturated rings. The molecule has 2 aromatic rings. The largest absolute Gasteiger partial charge is 0.397 e. The molecule has 23 heavy (non-hydrogen) atoms. The maximum atomic E-state index is 10.6. The Bertz CT molecular complexity index is 709. The first-order valence-electron chi connectivity index (χ1n) is 7.35. The molecule has 2 rings (SSSR count). The summed E-state index contributed by atoms with van der Waals surface area (Å²) in [5.74, 6) is 0. The molecule has 0 unspecified atom stereocenters. The zero-order valence-electron chi connectivity index (χ0n) is 13.1. The highest BCUT2D eigenvalue weighted by molar-refractivity contribution is 5.69. The fourth-order valence-corrected chi connectivity index (χ4v) is 2.17. The molecular weight excluding hydrogens is 294 g/mol. The Morgan fingerprint density at radius 2 is 1.74 bits per heavy atom. The smallest absolute Gasteiger partial charge is 0.269 e. The zero-order chi connectivity index (χ0) is 16.8. The van der Waals surface area contributed by atoms with Crippen molar-refractivity contribution in [2.24, 2.45) is 10.2 Å². The fourth-order valence-electron chi connectivity index (χ4n) is 2.17. The number of nitrogen functional groups attached to an aromatic ring is 1. The normalized spacial score (nSPS) is 10.9. The molecule has 0 atom stereocenters. The number of anilines is 2. The van der Waals surface area contributed by atoms with Gasteiger partial charge in [0.15, 0.2) is 0 Å². The van der Waals surface area contributed by atoms with E-state index in [2.05, 4.69) is 29.0 Å². The van der Waals surface area contributed by atoms with Gasteiger partial charge in [0.25, 0.3) is 5.69 Å². The van der Waals surface area contributed by atoms with E-state index >= 15 is 0 Å². The van der Waals surface area contributed by atoms with Crippen molar-refractivity contribution in [1.29, 1.82) is 0 Å². The summed E-state index contributed by atoms with van der Waals surface area (Å²) in [6.07, 6.45) is 0. The molecule has 0 aliphatic heterocycles. The van der Waals surface area contributed by atoms with E-state index in [0.717, 1.165) is 18.8 Å². The number of nitrogens with zero attached hydrogens (tertiary/aromatic N) is 4. The van der Waals surface area contributed by atoms with Crippen LogP contribution in [0.3, 0.4) is 0 Å². The summed E-state index contributed by atoms with van der Waals surface area (Å²) in [6.45, 7) is 5.98. The van der Waals surface area contributed by atoms with Gasteiger partial charge in [0.05, 0.1) is 16.3 Å². The number of benzene rings is 2. The summed E-state index contributed by atoms with van der Waals surface area (Å²) in [6, 6.07) is 11.5. The van der Waals surface area contributed by atoms with Gasteiger partial charge in [0.1, 0.15) is 5.69 Å². The maximum absolute atomic E-state index is 10.6. The quantitative estimate of drug-likeness (QED) is 0.369. The van der Waals surface area contributed by atoms with Crippen molar-refractivity contribution < 1.29 is 4.92 Å². The third kappa shape index (κ3) is 4.03. The number of nitrogens with two attached hydrogens (primary N) is 1. The fraction of sp³-hybridized carbons (Fsp3) is 0.250. The summed E-state index contributed by atoms with van der Waals surface area (Å²) in [4.78, 5) is 12.3. The van der Waals surface area contributed by atoms with E-state index in [1.807, 2.05) is 18.2 Å². The Hall–Kier alpha value is -2.96. The third-order valence-corrected chi connectivity index (χ3v) is 3.47. The molecule has 0 aliphatic rings. The number of azo groups is 1. The van der Waals surface area contributed by atoms with Crippen LogP contribution in [0.4, 0.5) is 28.4 Å². The van der Waals surface area contributed by atoms with Gasteiger partial charge in [0.2, 0.25) is 0 Å². The molecule has 0 amide bonds. The van der Waals surface area contributed by atoms with Gasteiger partial charge in [-0.2, -0.15) is 5.11 Å². The first-order valence-corrected chi connectivity index (χ1v) is 7.35. The Labute approximate surface area is 134 Å². The SMILES string of the molecule is CCN(CC)c1ccc(N=Nc2ccc([N+](=O)[O-])cc2)c(N)c1. The van der Waals surface area contributed by atoms with Crippen LogP contribution in [0.5, 0.6) is 0 Å². The van der Waals surface area contributed by atoms with Gasteiger partial charge in [-0.25, -0.2) is 0 Å². The highest BCUT2D eigenvalue weighted by Crippen LogP contribution is 2.29. The van der Waals surface area contributed by atoms with Crippen LogP contribution in [-0.4, -0.2) is 18.0 Å². The first-order chi connectivity index (χ1) is 11.0. The van der Waals surface area contributed by atoms with E-state index < -0.39 is 4.92 Å². The lowest BCUT2D eigenvalue weighted by Crippen LogP contribution is -2.21. The van der Waals surface area contributed by atoms with E-state index in [1.54, 1.807) is 12.1 Å². The van der Waals surface area contributed by atoms with Gasteiger partial charge in [-0.3, -0.25) is 10.1 Å². The second-order valence-corrected chi connectivity index (χ2v) is 4.89. The number of rotatable bonds is 6. The monoisotopic (exact) mass is 313 g/mol. The van der Waals surface area contributed by atoms with Gasteiger partial charge in [0, 0.05) is 30.9 Å².